The summed E-state index contributed by atoms with van der Waals surface area (Å²) in [7, 11) is 0. The van der Waals surface area contributed by atoms with Crippen LogP contribution in [-0.2, 0) is 0 Å². The van der Waals surface area contributed by atoms with Crippen LogP contribution in [0.1, 0.15) is 0 Å². The number of nitrogens with one attached hydrogen (secondary N) is 1. The van der Waals surface area contributed by atoms with Gasteiger partial charge in [0.15, 0.2) is 5.82 Å². The molecule has 0 unspecified atom stereocenters. The maximum Gasteiger partial charge on any atom is 0.154 e. The predicted molar refractivity (Wildman–Crippen MR) is 71.7 cm³/mol. The SMILES string of the molecule is Nc1n[nH]c(-c2ccc(F)cc2)c1-c1cccs1. The van der Waals surface area contributed by atoms with Crippen LogP contribution >= 0.6 is 11.3 Å². The first-order valence-corrected chi connectivity index (χ1v) is 6.27. The number of H-pyrrole nitrogens is 1. The summed E-state index contributed by atoms with van der Waals surface area (Å²) in [6.07, 6.45) is 0. The molecule has 0 amide bonds. The molecule has 0 saturated carbocycles. The first-order valence-electron chi connectivity index (χ1n) is 5.39. The van der Waals surface area contributed by atoms with Gasteiger partial charge in [0.2, 0.25) is 0 Å². The fourth-order valence-corrected chi connectivity index (χ4v) is 2.64. The fraction of sp³-hybridized carbons (Fsp3) is 0. The quantitative estimate of drug-likeness (QED) is 0.739. The van der Waals surface area contributed by atoms with E-state index in [1.165, 1.54) is 12.1 Å². The molecule has 0 aliphatic carbocycles. The summed E-state index contributed by atoms with van der Waals surface area (Å²) in [5, 5.41) is 8.93. The van der Waals surface area contributed by atoms with Crippen LogP contribution in [0.3, 0.4) is 0 Å². The molecule has 3 aromatic rings. The van der Waals surface area contributed by atoms with E-state index in [9.17, 15) is 4.39 Å². The second-order valence-electron chi connectivity index (χ2n) is 3.84. The van der Waals surface area contributed by atoms with Gasteiger partial charge >= 0.3 is 0 Å². The van der Waals surface area contributed by atoms with Crippen LogP contribution < -0.4 is 5.73 Å². The number of benzene rings is 1. The van der Waals surface area contributed by atoms with Crippen molar-refractivity contribution >= 4 is 17.2 Å². The van der Waals surface area contributed by atoms with Crippen molar-refractivity contribution in [2.24, 2.45) is 0 Å². The number of aromatic amines is 1. The average Bonchev–Trinajstić information content (AvgIpc) is 2.99. The van der Waals surface area contributed by atoms with Crippen LogP contribution in [0.15, 0.2) is 41.8 Å². The zero-order valence-electron chi connectivity index (χ0n) is 9.35. The number of nitrogen functional groups attached to an aromatic ring is 1. The average molecular weight is 259 g/mol. The van der Waals surface area contributed by atoms with E-state index in [1.807, 2.05) is 17.5 Å². The molecule has 0 bridgehead atoms. The van der Waals surface area contributed by atoms with Crippen LogP contribution in [0.2, 0.25) is 0 Å². The highest BCUT2D eigenvalue weighted by Gasteiger charge is 2.15. The number of halogens is 1. The number of thiophene rings is 1. The van der Waals surface area contributed by atoms with E-state index in [-0.39, 0.29) is 5.82 Å². The van der Waals surface area contributed by atoms with Gasteiger partial charge in [-0.2, -0.15) is 5.10 Å². The molecule has 1 aromatic carbocycles. The minimum atomic E-state index is -0.260. The Balaban J connectivity index is 2.16. The summed E-state index contributed by atoms with van der Waals surface area (Å²) in [4.78, 5) is 1.04. The second-order valence-corrected chi connectivity index (χ2v) is 4.79. The van der Waals surface area contributed by atoms with Crippen LogP contribution in [0.5, 0.6) is 0 Å². The number of nitrogens with two attached hydrogens (primary N) is 1. The van der Waals surface area contributed by atoms with Crippen molar-refractivity contribution in [3.8, 4) is 21.7 Å². The number of hydrogen-bond acceptors (Lipinski definition) is 3. The monoisotopic (exact) mass is 259 g/mol. The summed E-state index contributed by atoms with van der Waals surface area (Å²) in [5.41, 5.74) is 8.44. The van der Waals surface area contributed by atoms with E-state index in [2.05, 4.69) is 10.2 Å². The Morgan fingerprint density at radius 1 is 1.17 bits per heavy atom. The van der Waals surface area contributed by atoms with Gasteiger partial charge in [-0.1, -0.05) is 6.07 Å². The third kappa shape index (κ3) is 1.78. The highest BCUT2D eigenvalue weighted by atomic mass is 32.1. The van der Waals surface area contributed by atoms with Gasteiger partial charge in [-0.25, -0.2) is 4.39 Å². The normalized spacial score (nSPS) is 10.7. The Morgan fingerprint density at radius 3 is 2.61 bits per heavy atom. The molecule has 18 heavy (non-hydrogen) atoms. The van der Waals surface area contributed by atoms with E-state index in [0.29, 0.717) is 5.82 Å². The zero-order chi connectivity index (χ0) is 12.5. The Morgan fingerprint density at radius 2 is 1.94 bits per heavy atom. The highest BCUT2D eigenvalue weighted by molar-refractivity contribution is 7.13. The molecule has 0 aliphatic heterocycles. The zero-order valence-corrected chi connectivity index (χ0v) is 10.2. The lowest BCUT2D eigenvalue weighted by Gasteiger charge is -2.02. The summed E-state index contributed by atoms with van der Waals surface area (Å²) in [5.74, 6) is 0.195. The molecular weight excluding hydrogens is 249 g/mol. The molecule has 0 saturated heterocycles. The number of anilines is 1. The molecule has 3 rings (SSSR count). The van der Waals surface area contributed by atoms with Gasteiger partial charge in [-0.05, 0) is 35.7 Å². The lowest BCUT2D eigenvalue weighted by Crippen LogP contribution is -1.87. The predicted octanol–water partition coefficient (Wildman–Crippen LogP) is 3.53. The van der Waals surface area contributed by atoms with Crippen LogP contribution in [0.25, 0.3) is 21.7 Å². The van der Waals surface area contributed by atoms with Gasteiger partial charge in [-0.3, -0.25) is 5.10 Å². The largest absolute Gasteiger partial charge is 0.382 e. The molecule has 3 N–H and O–H groups in total. The molecule has 90 valence electrons. The maximum atomic E-state index is 12.9. The van der Waals surface area contributed by atoms with Crippen molar-refractivity contribution in [1.82, 2.24) is 10.2 Å². The van der Waals surface area contributed by atoms with Crippen molar-refractivity contribution in [2.45, 2.75) is 0 Å². The van der Waals surface area contributed by atoms with E-state index in [4.69, 9.17) is 5.73 Å². The van der Waals surface area contributed by atoms with E-state index < -0.39 is 0 Å². The van der Waals surface area contributed by atoms with Gasteiger partial charge in [0.25, 0.3) is 0 Å². The Hall–Kier alpha value is -2.14. The van der Waals surface area contributed by atoms with Gasteiger partial charge < -0.3 is 5.73 Å². The number of nitrogens with zero attached hydrogens (tertiary/aromatic N) is 1. The van der Waals surface area contributed by atoms with Crippen LogP contribution in [0.4, 0.5) is 10.2 Å². The maximum absolute atomic E-state index is 12.9. The smallest absolute Gasteiger partial charge is 0.154 e. The Labute approximate surface area is 107 Å². The molecule has 0 aliphatic rings. The van der Waals surface area contributed by atoms with Gasteiger partial charge in [0, 0.05) is 10.4 Å². The van der Waals surface area contributed by atoms with Crippen molar-refractivity contribution in [3.63, 3.8) is 0 Å². The fourth-order valence-electron chi connectivity index (χ4n) is 1.85. The second kappa shape index (κ2) is 4.27. The van der Waals surface area contributed by atoms with Crippen molar-refractivity contribution in [3.05, 3.63) is 47.6 Å². The highest BCUT2D eigenvalue weighted by Crippen LogP contribution is 2.36. The summed E-state index contributed by atoms with van der Waals surface area (Å²) < 4.78 is 12.9. The first-order chi connectivity index (χ1) is 8.75. The standard InChI is InChI=1S/C13H10FN3S/c14-9-5-3-8(4-6-9)12-11(13(15)17-16-12)10-2-1-7-18-10/h1-7H,(H3,15,16,17). The topological polar surface area (TPSA) is 54.7 Å². The molecule has 0 radical (unpaired) electrons. The number of hydrogen-bond donors (Lipinski definition) is 2. The minimum Gasteiger partial charge on any atom is -0.382 e. The van der Waals surface area contributed by atoms with Gasteiger partial charge in [-0.15, -0.1) is 11.3 Å². The van der Waals surface area contributed by atoms with Crippen LogP contribution in [-0.4, -0.2) is 10.2 Å². The van der Waals surface area contributed by atoms with Gasteiger partial charge in [0.1, 0.15) is 5.82 Å². The van der Waals surface area contributed by atoms with E-state index in [0.717, 1.165) is 21.7 Å². The Bertz CT molecular complexity index is 656. The number of rotatable bonds is 2. The molecule has 5 heteroatoms. The molecule has 0 fully saturated rings. The van der Waals surface area contributed by atoms with Crippen molar-refractivity contribution < 1.29 is 4.39 Å². The molecule has 0 atom stereocenters. The molecule has 2 aromatic heterocycles. The molecule has 3 nitrogen and oxygen atoms in total. The summed E-state index contributed by atoms with van der Waals surface area (Å²) in [6, 6.07) is 10.2. The third-order valence-electron chi connectivity index (χ3n) is 2.69. The van der Waals surface area contributed by atoms with Crippen molar-refractivity contribution in [1.29, 1.82) is 0 Å². The van der Waals surface area contributed by atoms with Gasteiger partial charge in [0.05, 0.1) is 11.3 Å². The van der Waals surface area contributed by atoms with Crippen LogP contribution in [0, 0.1) is 5.82 Å². The minimum absolute atomic E-state index is 0.260. The molecular formula is C13H10FN3S. The number of aromatic nitrogens is 2. The lowest BCUT2D eigenvalue weighted by molar-refractivity contribution is 0.628. The summed E-state index contributed by atoms with van der Waals surface area (Å²) >= 11 is 1.59. The summed E-state index contributed by atoms with van der Waals surface area (Å²) in [6.45, 7) is 0. The van der Waals surface area contributed by atoms with Crippen molar-refractivity contribution in [2.75, 3.05) is 5.73 Å². The molecule has 2 heterocycles. The van der Waals surface area contributed by atoms with E-state index in [1.54, 1.807) is 23.5 Å². The van der Waals surface area contributed by atoms with E-state index >= 15 is 0 Å². The Kier molecular flexibility index (Phi) is 2.60. The first kappa shape index (κ1) is 11.0. The lowest BCUT2D eigenvalue weighted by atomic mass is 10.1. The third-order valence-corrected chi connectivity index (χ3v) is 3.58. The molecule has 0 spiro atoms.